The van der Waals surface area contributed by atoms with Gasteiger partial charge in [-0.05, 0) is 43.9 Å². The molecule has 1 N–H and O–H groups in total. The summed E-state index contributed by atoms with van der Waals surface area (Å²) in [5.74, 6) is -0.941. The van der Waals surface area contributed by atoms with Gasteiger partial charge < -0.3 is 33.5 Å². The van der Waals surface area contributed by atoms with Crippen molar-refractivity contribution in [1.29, 1.82) is 0 Å². The highest BCUT2D eigenvalue weighted by atomic mass is 16.6. The number of rotatable bonds is 17. The van der Waals surface area contributed by atoms with E-state index in [0.717, 1.165) is 11.3 Å². The minimum Gasteiger partial charge on any atom is -0.491 e. The Morgan fingerprint density at radius 3 is 1.62 bits per heavy atom. The maximum atomic E-state index is 12.9. The molecule has 290 valence electrons. The summed E-state index contributed by atoms with van der Waals surface area (Å²) in [5, 5.41) is 10.5. The van der Waals surface area contributed by atoms with Gasteiger partial charge in [0, 0.05) is 78.2 Å². The summed E-state index contributed by atoms with van der Waals surface area (Å²) >= 11 is 0. The van der Waals surface area contributed by atoms with Crippen LogP contribution in [0.2, 0.25) is 0 Å². The summed E-state index contributed by atoms with van der Waals surface area (Å²) in [6.45, 7) is 9.46. The fourth-order valence-electron chi connectivity index (χ4n) is 7.47. The average Bonchev–Trinajstić information content (AvgIpc) is 3.88. The van der Waals surface area contributed by atoms with Crippen LogP contribution in [0.3, 0.4) is 0 Å². The maximum Gasteiger partial charge on any atom is 0.323 e. The van der Waals surface area contributed by atoms with Crippen LogP contribution in [0.25, 0.3) is 0 Å². The number of hydrogen-bond donors (Lipinski definition) is 1. The summed E-state index contributed by atoms with van der Waals surface area (Å²) in [4.78, 5) is 59.3. The first-order valence-electron chi connectivity index (χ1n) is 18.9. The van der Waals surface area contributed by atoms with E-state index in [9.17, 15) is 24.3 Å². The number of carboxylic acids is 1. The second-order valence-electron chi connectivity index (χ2n) is 13.6. The number of aryl methyl sites for hydroxylation is 1. The number of benzene rings is 1. The van der Waals surface area contributed by atoms with E-state index in [4.69, 9.17) is 28.4 Å². The molecule has 4 aliphatic rings. The van der Waals surface area contributed by atoms with Gasteiger partial charge in [-0.3, -0.25) is 38.8 Å². The number of nitrogens with zero attached hydrogens (tertiary/aromatic N) is 4. The van der Waals surface area contributed by atoms with Crippen LogP contribution in [0.4, 0.5) is 0 Å². The van der Waals surface area contributed by atoms with Crippen LogP contribution in [-0.4, -0.2) is 178 Å². The van der Waals surface area contributed by atoms with Crippen molar-refractivity contribution in [3.05, 3.63) is 29.8 Å². The highest BCUT2D eigenvalue weighted by Gasteiger charge is 2.39. The lowest BCUT2D eigenvalue weighted by Gasteiger charge is -2.38. The number of carbonyl (C=O) groups is 4. The summed E-state index contributed by atoms with van der Waals surface area (Å²) in [6, 6.07) is 5.86. The number of carboxylic acid groups (broad SMARTS) is 1. The maximum absolute atomic E-state index is 12.9. The third kappa shape index (κ3) is 11.6. The minimum atomic E-state index is -0.899. The highest BCUT2D eigenvalue weighted by molar-refractivity contribution is 5.78. The minimum absolute atomic E-state index is 0.250. The second kappa shape index (κ2) is 20.8. The van der Waals surface area contributed by atoms with E-state index >= 15 is 0 Å². The van der Waals surface area contributed by atoms with Crippen LogP contribution in [0.15, 0.2) is 24.3 Å². The molecule has 4 aliphatic heterocycles. The first-order chi connectivity index (χ1) is 25.3. The van der Waals surface area contributed by atoms with Gasteiger partial charge in [-0.1, -0.05) is 12.1 Å². The number of ether oxygens (including phenoxy) is 6. The van der Waals surface area contributed by atoms with Gasteiger partial charge in [0.25, 0.3) is 0 Å². The van der Waals surface area contributed by atoms with E-state index in [2.05, 4.69) is 14.7 Å². The zero-order valence-electron chi connectivity index (χ0n) is 30.5. The van der Waals surface area contributed by atoms with Gasteiger partial charge in [0.2, 0.25) is 0 Å². The van der Waals surface area contributed by atoms with Crippen LogP contribution in [0.1, 0.15) is 44.6 Å². The normalized spacial score (nSPS) is 25.2. The molecule has 0 amide bonds. The van der Waals surface area contributed by atoms with Crippen LogP contribution in [0.5, 0.6) is 5.75 Å². The monoisotopic (exact) mass is 732 g/mol. The van der Waals surface area contributed by atoms with Gasteiger partial charge in [-0.2, -0.15) is 0 Å². The van der Waals surface area contributed by atoms with Crippen molar-refractivity contribution in [3.63, 3.8) is 0 Å². The molecule has 0 saturated carbocycles. The van der Waals surface area contributed by atoms with Crippen molar-refractivity contribution in [1.82, 2.24) is 19.6 Å². The molecule has 1 aromatic carbocycles. The Bertz CT molecular complexity index is 1260. The van der Waals surface area contributed by atoms with Crippen LogP contribution >= 0.6 is 0 Å². The molecule has 4 unspecified atom stereocenters. The summed E-state index contributed by atoms with van der Waals surface area (Å²) in [5.41, 5.74) is 1.09. The number of hydrogen-bond acceptors (Lipinski definition) is 14. The molecule has 1 aromatic rings. The van der Waals surface area contributed by atoms with Crippen LogP contribution in [-0.2, 0) is 49.3 Å². The van der Waals surface area contributed by atoms with E-state index in [1.165, 1.54) is 0 Å². The summed E-state index contributed by atoms with van der Waals surface area (Å²) in [6.07, 6.45) is 3.52. The fourth-order valence-corrected chi connectivity index (χ4v) is 7.47. The zero-order chi connectivity index (χ0) is 36.7. The number of esters is 3. The lowest BCUT2D eigenvalue weighted by Crippen LogP contribution is -2.55. The second-order valence-corrected chi connectivity index (χ2v) is 13.6. The van der Waals surface area contributed by atoms with Crippen LogP contribution in [0, 0.1) is 0 Å². The molecular formula is C37H56N4O11. The molecule has 4 saturated heterocycles. The predicted molar refractivity (Wildman–Crippen MR) is 188 cm³/mol. The van der Waals surface area contributed by atoms with Crippen molar-refractivity contribution >= 4 is 23.9 Å². The van der Waals surface area contributed by atoms with Crippen molar-refractivity contribution in [2.24, 2.45) is 0 Å². The SMILES string of the molecule is CCOCCOCCOc1ccc(CCCC(C(=O)O)N2CCN(C3CCOC3=O)CCN(C3CCOC3=O)CCN(C3CCOC3=O)CC2)cc1. The largest absolute Gasteiger partial charge is 0.491 e. The fraction of sp³-hybridized carbons (Fsp3) is 0.730. The number of cyclic esters (lactones) is 3. The Morgan fingerprint density at radius 1 is 0.712 bits per heavy atom. The van der Waals surface area contributed by atoms with Crippen LogP contribution < -0.4 is 4.74 Å². The first kappa shape index (κ1) is 39.9. The zero-order valence-corrected chi connectivity index (χ0v) is 30.5. The Labute approximate surface area is 306 Å². The Morgan fingerprint density at radius 2 is 1.17 bits per heavy atom. The summed E-state index contributed by atoms with van der Waals surface area (Å²) < 4.78 is 32.5. The molecule has 4 atom stereocenters. The van der Waals surface area contributed by atoms with Gasteiger partial charge in [-0.25, -0.2) is 0 Å². The molecule has 0 radical (unpaired) electrons. The van der Waals surface area contributed by atoms with E-state index in [0.29, 0.717) is 144 Å². The molecule has 15 nitrogen and oxygen atoms in total. The summed E-state index contributed by atoms with van der Waals surface area (Å²) in [7, 11) is 0. The van der Waals surface area contributed by atoms with Gasteiger partial charge in [0.15, 0.2) is 0 Å². The lowest BCUT2D eigenvalue weighted by atomic mass is 10.0. The highest BCUT2D eigenvalue weighted by Crippen LogP contribution is 2.22. The van der Waals surface area contributed by atoms with E-state index < -0.39 is 24.1 Å². The van der Waals surface area contributed by atoms with Crippen molar-refractivity contribution in [2.75, 3.05) is 105 Å². The molecule has 0 spiro atoms. The van der Waals surface area contributed by atoms with Gasteiger partial charge >= 0.3 is 23.9 Å². The topological polar surface area (TPSA) is 157 Å². The number of aliphatic carboxylic acids is 1. The van der Waals surface area contributed by atoms with E-state index in [1.807, 2.05) is 36.1 Å². The Kier molecular flexibility index (Phi) is 15.9. The molecular weight excluding hydrogens is 676 g/mol. The predicted octanol–water partition coefficient (Wildman–Crippen LogP) is 1.06. The van der Waals surface area contributed by atoms with E-state index in [-0.39, 0.29) is 23.9 Å². The van der Waals surface area contributed by atoms with Crippen molar-refractivity contribution in [3.8, 4) is 5.75 Å². The van der Waals surface area contributed by atoms with E-state index in [1.54, 1.807) is 0 Å². The van der Waals surface area contributed by atoms with Gasteiger partial charge in [0.05, 0.1) is 39.6 Å². The molecule has 52 heavy (non-hydrogen) atoms. The molecule has 0 aromatic heterocycles. The standard InChI is InChI=1S/C37H56N4O11/c1-2-47-24-25-48-26-27-49-29-8-6-28(7-9-29)4-3-5-30(34(42)43)38-13-15-39(31-10-21-50-35(31)44)17-19-41(33-12-23-52-37(33)46)20-18-40(16-14-38)32-11-22-51-36(32)45/h6-9,30-33H,2-5,10-27H2,1H3,(H,42,43). The van der Waals surface area contributed by atoms with Gasteiger partial charge in [-0.15, -0.1) is 0 Å². The average molecular weight is 733 g/mol. The molecule has 4 fully saturated rings. The smallest absolute Gasteiger partial charge is 0.323 e. The third-order valence-electron chi connectivity index (χ3n) is 10.4. The quantitative estimate of drug-likeness (QED) is 0.138. The van der Waals surface area contributed by atoms with Crippen molar-refractivity contribution < 1.29 is 52.7 Å². The molecule has 0 bridgehead atoms. The Balaban J connectivity index is 1.23. The third-order valence-corrected chi connectivity index (χ3v) is 10.4. The molecule has 0 aliphatic carbocycles. The van der Waals surface area contributed by atoms with Crippen molar-refractivity contribution in [2.45, 2.75) is 69.6 Å². The first-order valence-corrected chi connectivity index (χ1v) is 18.9. The molecule has 4 heterocycles. The lowest BCUT2D eigenvalue weighted by molar-refractivity contribution is -0.146. The molecule has 15 heteroatoms. The number of carbonyl (C=O) groups excluding carboxylic acids is 3. The van der Waals surface area contributed by atoms with Gasteiger partial charge in [0.1, 0.15) is 36.5 Å². The molecule has 5 rings (SSSR count). The Hall–Kier alpha value is -3.34.